The molecule has 1 amide bonds. The average molecular weight is 575 g/mol. The molecule has 0 spiro atoms. The zero-order valence-corrected chi connectivity index (χ0v) is 21.6. The lowest BCUT2D eigenvalue weighted by Crippen LogP contribution is -2.25. The van der Waals surface area contributed by atoms with Crippen molar-refractivity contribution >= 4 is 75.3 Å². The van der Waals surface area contributed by atoms with Gasteiger partial charge in [0.15, 0.2) is 6.61 Å². The smallest absolute Gasteiger partial charge is 0.288 e. The summed E-state index contributed by atoms with van der Waals surface area (Å²) in [6.45, 7) is -0.0466. The summed E-state index contributed by atoms with van der Waals surface area (Å²) in [5.41, 5.74) is 2.72. The largest absolute Gasteiger partial charge is 0.482 e. The van der Waals surface area contributed by atoms with Crippen molar-refractivity contribution in [1.29, 1.82) is 0 Å². The normalized spacial score (nSPS) is 13.4. The summed E-state index contributed by atoms with van der Waals surface area (Å²) in [7, 11) is 0. The molecule has 0 radical (unpaired) electrons. The van der Waals surface area contributed by atoms with Crippen molar-refractivity contribution in [3.8, 4) is 17.0 Å². The molecule has 13 heteroatoms. The van der Waals surface area contributed by atoms with Gasteiger partial charge in [0, 0.05) is 22.6 Å². The number of hydrogen-bond donors (Lipinski definition) is 1. The van der Waals surface area contributed by atoms with Crippen LogP contribution >= 0.6 is 46.1 Å². The molecular weight excluding hydrogens is 561 g/mol. The number of hydrogen-bond acceptors (Lipinski definition) is 7. The number of anilines is 1. The SMILES string of the molecule is O=C1COc2ccc(-c3csc(=Nc4ccc(Cl)c(Cl)c4)n3N=Cc3ccc(Cl)c([N+](=O)[O-])c3)cc2N1. The Bertz CT molecular complexity index is 1660. The molecule has 3 aromatic carbocycles. The number of nitro groups is 1. The molecular formula is C24H14Cl3N5O4S. The van der Waals surface area contributed by atoms with E-state index in [9.17, 15) is 14.9 Å². The first-order valence-corrected chi connectivity index (χ1v) is 12.6. The number of aromatic nitrogens is 1. The van der Waals surface area contributed by atoms with E-state index < -0.39 is 4.92 Å². The first kappa shape index (κ1) is 25.0. The minimum atomic E-state index is -0.558. The second-order valence-electron chi connectivity index (χ2n) is 7.69. The summed E-state index contributed by atoms with van der Waals surface area (Å²) in [5, 5.41) is 21.3. The molecule has 1 aliphatic heterocycles. The Balaban J connectivity index is 1.63. The van der Waals surface area contributed by atoms with E-state index in [2.05, 4.69) is 15.4 Å². The molecule has 0 aliphatic carbocycles. The second kappa shape index (κ2) is 10.3. The lowest BCUT2D eigenvalue weighted by atomic mass is 10.1. The molecule has 4 aromatic rings. The molecule has 0 saturated heterocycles. The summed E-state index contributed by atoms with van der Waals surface area (Å²) in [5.74, 6) is 0.309. The molecule has 0 unspecified atom stereocenters. The van der Waals surface area contributed by atoms with Gasteiger partial charge in [-0.15, -0.1) is 11.3 Å². The molecule has 186 valence electrons. The molecule has 1 aliphatic rings. The van der Waals surface area contributed by atoms with Crippen LogP contribution in [-0.4, -0.2) is 28.3 Å². The maximum absolute atomic E-state index is 11.8. The number of nitro benzene ring substituents is 1. The fourth-order valence-electron chi connectivity index (χ4n) is 3.47. The van der Waals surface area contributed by atoms with Gasteiger partial charge in [-0.1, -0.05) is 40.9 Å². The number of rotatable bonds is 5. The zero-order chi connectivity index (χ0) is 26.1. The number of carbonyl (C=O) groups is 1. The van der Waals surface area contributed by atoms with Crippen LogP contribution in [0.15, 0.2) is 70.1 Å². The molecule has 0 saturated carbocycles. The Morgan fingerprint density at radius 2 is 1.86 bits per heavy atom. The van der Waals surface area contributed by atoms with E-state index in [1.165, 1.54) is 29.7 Å². The summed E-state index contributed by atoms with van der Waals surface area (Å²) >= 11 is 19.4. The first-order valence-electron chi connectivity index (χ1n) is 10.5. The van der Waals surface area contributed by atoms with Gasteiger partial charge < -0.3 is 10.1 Å². The quantitative estimate of drug-likeness (QED) is 0.166. The van der Waals surface area contributed by atoms with Gasteiger partial charge in [0.1, 0.15) is 10.8 Å². The number of nitrogens with zero attached hydrogens (tertiary/aromatic N) is 4. The van der Waals surface area contributed by atoms with E-state index in [1.54, 1.807) is 41.1 Å². The van der Waals surface area contributed by atoms with Crippen molar-refractivity contribution in [3.63, 3.8) is 0 Å². The Labute approximate surface area is 228 Å². The van der Waals surface area contributed by atoms with Crippen LogP contribution in [-0.2, 0) is 4.79 Å². The van der Waals surface area contributed by atoms with Gasteiger partial charge in [-0.3, -0.25) is 14.9 Å². The number of halogens is 3. The fourth-order valence-corrected chi connectivity index (χ4v) is 4.80. The number of thiazole rings is 1. The Morgan fingerprint density at radius 1 is 1.05 bits per heavy atom. The van der Waals surface area contributed by atoms with E-state index in [0.29, 0.717) is 43.2 Å². The van der Waals surface area contributed by atoms with Gasteiger partial charge in [0.05, 0.1) is 38.3 Å². The Kier molecular flexibility index (Phi) is 6.98. The predicted octanol–water partition coefficient (Wildman–Crippen LogP) is 6.53. The average Bonchev–Trinajstić information content (AvgIpc) is 3.27. The minimum Gasteiger partial charge on any atom is -0.482 e. The van der Waals surface area contributed by atoms with Crippen molar-refractivity contribution in [3.05, 3.63) is 95.5 Å². The highest BCUT2D eigenvalue weighted by molar-refractivity contribution is 7.07. The Hall–Kier alpha value is -3.70. The number of amides is 1. The van der Waals surface area contributed by atoms with Crippen LogP contribution < -0.4 is 14.9 Å². The van der Waals surface area contributed by atoms with Gasteiger partial charge in [-0.05, 0) is 42.5 Å². The van der Waals surface area contributed by atoms with Gasteiger partial charge in [0.25, 0.3) is 11.6 Å². The number of nitrogens with one attached hydrogen (secondary N) is 1. The predicted molar refractivity (Wildman–Crippen MR) is 145 cm³/mol. The summed E-state index contributed by atoms with van der Waals surface area (Å²) in [4.78, 5) is 27.7. The molecule has 9 nitrogen and oxygen atoms in total. The van der Waals surface area contributed by atoms with Crippen LogP contribution in [0.2, 0.25) is 15.1 Å². The highest BCUT2D eigenvalue weighted by Crippen LogP contribution is 2.33. The number of benzene rings is 3. The molecule has 5 rings (SSSR count). The molecule has 0 fully saturated rings. The van der Waals surface area contributed by atoms with E-state index in [4.69, 9.17) is 39.5 Å². The minimum absolute atomic E-state index is 0.0275. The highest BCUT2D eigenvalue weighted by Gasteiger charge is 2.18. The van der Waals surface area contributed by atoms with Gasteiger partial charge in [0.2, 0.25) is 4.80 Å². The molecule has 1 N–H and O–H groups in total. The van der Waals surface area contributed by atoms with Crippen LogP contribution in [0.25, 0.3) is 11.3 Å². The molecule has 37 heavy (non-hydrogen) atoms. The first-order chi connectivity index (χ1) is 17.8. The van der Waals surface area contributed by atoms with Crippen molar-refractivity contribution in [2.24, 2.45) is 10.1 Å². The lowest BCUT2D eigenvalue weighted by molar-refractivity contribution is -0.384. The van der Waals surface area contributed by atoms with Crippen molar-refractivity contribution in [1.82, 2.24) is 4.68 Å². The number of ether oxygens (including phenoxy) is 1. The lowest BCUT2D eigenvalue weighted by Gasteiger charge is -2.18. The highest BCUT2D eigenvalue weighted by atomic mass is 35.5. The third-order valence-electron chi connectivity index (χ3n) is 5.21. The zero-order valence-electron chi connectivity index (χ0n) is 18.5. The molecule has 0 atom stereocenters. The molecule has 1 aromatic heterocycles. The summed E-state index contributed by atoms with van der Waals surface area (Å²) < 4.78 is 7.04. The van der Waals surface area contributed by atoms with E-state index in [0.717, 1.165) is 5.56 Å². The topological polar surface area (TPSA) is 111 Å². The third-order valence-corrected chi connectivity index (χ3v) is 7.09. The summed E-state index contributed by atoms with van der Waals surface area (Å²) in [6, 6.07) is 14.7. The molecule has 2 heterocycles. The van der Waals surface area contributed by atoms with Gasteiger partial charge >= 0.3 is 0 Å². The summed E-state index contributed by atoms with van der Waals surface area (Å²) in [6.07, 6.45) is 1.47. The standard InChI is InChI=1S/C24H14Cl3N5O4S/c25-16-5-3-15(9-18(16)27)29-24-31(28-10-13-1-4-17(26)20(7-13)32(34)35)21(12-37-24)14-2-6-22-19(8-14)30-23(33)11-36-22/h1-10,12H,11H2,(H,30,33). The van der Waals surface area contributed by atoms with Crippen LogP contribution in [0, 0.1) is 10.1 Å². The third kappa shape index (κ3) is 5.37. The van der Waals surface area contributed by atoms with Gasteiger partial charge in [-0.2, -0.15) is 5.10 Å². The second-order valence-corrected chi connectivity index (χ2v) is 9.74. The van der Waals surface area contributed by atoms with Crippen molar-refractivity contribution in [2.75, 3.05) is 11.9 Å². The maximum Gasteiger partial charge on any atom is 0.288 e. The van der Waals surface area contributed by atoms with E-state index >= 15 is 0 Å². The van der Waals surface area contributed by atoms with Gasteiger partial charge in [-0.25, -0.2) is 9.67 Å². The fraction of sp³-hybridized carbons (Fsp3) is 0.0417. The van der Waals surface area contributed by atoms with Crippen molar-refractivity contribution < 1.29 is 14.5 Å². The van der Waals surface area contributed by atoms with Crippen LogP contribution in [0.5, 0.6) is 5.75 Å². The monoisotopic (exact) mass is 573 g/mol. The van der Waals surface area contributed by atoms with Crippen molar-refractivity contribution in [2.45, 2.75) is 0 Å². The van der Waals surface area contributed by atoms with E-state index in [1.807, 2.05) is 11.4 Å². The number of fused-ring (bicyclic) bond motifs is 1. The Morgan fingerprint density at radius 3 is 2.65 bits per heavy atom. The van der Waals surface area contributed by atoms with Crippen LogP contribution in [0.4, 0.5) is 17.1 Å². The maximum atomic E-state index is 11.8. The van der Waals surface area contributed by atoms with E-state index in [-0.39, 0.29) is 23.2 Å². The van der Waals surface area contributed by atoms with Crippen LogP contribution in [0.3, 0.4) is 0 Å². The molecule has 0 bridgehead atoms. The number of carbonyl (C=O) groups excluding carboxylic acids is 1. The van der Waals surface area contributed by atoms with Crippen LogP contribution in [0.1, 0.15) is 5.56 Å².